The zero-order valence-electron chi connectivity index (χ0n) is 13.9. The Kier molecular flexibility index (Phi) is 3.18. The van der Waals surface area contributed by atoms with Crippen molar-refractivity contribution in [2.75, 3.05) is 0 Å². The van der Waals surface area contributed by atoms with E-state index in [-0.39, 0.29) is 32.9 Å². The molecule has 0 atom stereocenters. The molecule has 3 aromatic carbocycles. The maximum atomic E-state index is 13.2. The van der Waals surface area contributed by atoms with E-state index in [0.717, 1.165) is 0 Å². The summed E-state index contributed by atoms with van der Waals surface area (Å²) < 4.78 is 1.40. The molecule has 0 saturated heterocycles. The lowest BCUT2D eigenvalue weighted by Gasteiger charge is -2.16. The van der Waals surface area contributed by atoms with Crippen LogP contribution in [0.15, 0.2) is 47.3 Å². The van der Waals surface area contributed by atoms with E-state index in [0.29, 0.717) is 21.4 Å². The number of aromatic carboxylic acids is 2. The summed E-state index contributed by atoms with van der Waals surface area (Å²) in [6.07, 6.45) is 0. The smallest absolute Gasteiger partial charge is 0.264 e. The van der Waals surface area contributed by atoms with Gasteiger partial charge in [0, 0.05) is 37.7 Å². The Bertz CT molecular complexity index is 1530. The lowest BCUT2D eigenvalue weighted by Crippen LogP contribution is -2.26. The molecule has 0 aliphatic carbocycles. The van der Waals surface area contributed by atoms with E-state index >= 15 is 0 Å². The van der Waals surface area contributed by atoms with Gasteiger partial charge in [0.1, 0.15) is 5.65 Å². The Morgan fingerprint density at radius 3 is 2.18 bits per heavy atom. The van der Waals surface area contributed by atoms with Gasteiger partial charge in [0.05, 0.1) is 23.0 Å². The fourth-order valence-electron chi connectivity index (χ4n) is 3.76. The fourth-order valence-corrected chi connectivity index (χ4v) is 3.93. The second-order valence-electron chi connectivity index (χ2n) is 6.36. The standard InChI is InChI=1S/C20H9ClN2O5/c21-8-1-6-14-13(7-8)22-17-9-2-4-11(19(25)26)16-12(20(27)28)5-3-10(15(9)16)18(24)23(14)17/h1-7H,(H,25,26)(H,27,28)/p-2. The molecule has 2 aromatic heterocycles. The van der Waals surface area contributed by atoms with Crippen molar-refractivity contribution in [3.05, 3.63) is 69.0 Å². The molecule has 136 valence electrons. The summed E-state index contributed by atoms with van der Waals surface area (Å²) in [5, 5.41) is 24.3. The van der Waals surface area contributed by atoms with Crippen LogP contribution in [0.4, 0.5) is 0 Å². The highest BCUT2D eigenvalue weighted by atomic mass is 35.5. The predicted molar refractivity (Wildman–Crippen MR) is 98.8 cm³/mol. The molecule has 0 spiro atoms. The molecule has 0 aliphatic rings. The number of fused-ring (bicyclic) bond motifs is 4. The van der Waals surface area contributed by atoms with E-state index in [4.69, 9.17) is 11.6 Å². The minimum absolute atomic E-state index is 0.111. The van der Waals surface area contributed by atoms with Crippen LogP contribution >= 0.6 is 11.6 Å². The number of carbonyl (C=O) groups is 2. The number of hydrogen-bond donors (Lipinski definition) is 0. The molecule has 8 heteroatoms. The molecule has 0 unspecified atom stereocenters. The number of carboxylic acids is 2. The van der Waals surface area contributed by atoms with E-state index in [9.17, 15) is 24.6 Å². The molecule has 0 aliphatic heterocycles. The first-order chi connectivity index (χ1) is 13.4. The topological polar surface area (TPSA) is 115 Å². The van der Waals surface area contributed by atoms with Crippen LogP contribution in [0.2, 0.25) is 5.02 Å². The number of aromatic nitrogens is 2. The molecule has 28 heavy (non-hydrogen) atoms. The molecule has 0 saturated carbocycles. The second kappa shape index (κ2) is 5.40. The Hall–Kier alpha value is -3.71. The highest BCUT2D eigenvalue weighted by Crippen LogP contribution is 2.34. The third-order valence-corrected chi connectivity index (χ3v) is 5.13. The van der Waals surface area contributed by atoms with Crippen LogP contribution < -0.4 is 15.8 Å². The normalized spacial score (nSPS) is 11.8. The number of carbonyl (C=O) groups excluding carboxylic acids is 2. The van der Waals surface area contributed by atoms with Crippen molar-refractivity contribution in [1.29, 1.82) is 0 Å². The SMILES string of the molecule is O=C([O-])c1ccc2c(=O)n3c4ccc(Cl)cc4nc3c3ccc(C(=O)[O-])c1c23. The Balaban J connectivity index is 2.15. The highest BCUT2D eigenvalue weighted by molar-refractivity contribution is 6.31. The lowest BCUT2D eigenvalue weighted by atomic mass is 9.94. The molecular formula is C20H7ClN2O5-2. The van der Waals surface area contributed by atoms with Crippen LogP contribution in [0.25, 0.3) is 38.2 Å². The Morgan fingerprint density at radius 2 is 1.54 bits per heavy atom. The maximum Gasteiger partial charge on any atom is 0.264 e. The Morgan fingerprint density at radius 1 is 0.893 bits per heavy atom. The predicted octanol–water partition coefficient (Wildman–Crippen LogP) is 0.972. The monoisotopic (exact) mass is 390 g/mol. The van der Waals surface area contributed by atoms with Crippen molar-refractivity contribution in [2.45, 2.75) is 0 Å². The van der Waals surface area contributed by atoms with E-state index in [1.165, 1.54) is 28.7 Å². The summed E-state index contributed by atoms with van der Waals surface area (Å²) in [7, 11) is 0. The minimum Gasteiger partial charge on any atom is -0.545 e. The van der Waals surface area contributed by atoms with Gasteiger partial charge in [-0.1, -0.05) is 23.7 Å². The molecule has 7 nitrogen and oxygen atoms in total. The highest BCUT2D eigenvalue weighted by Gasteiger charge is 2.20. The molecule has 0 radical (unpaired) electrons. The van der Waals surface area contributed by atoms with Crippen molar-refractivity contribution in [2.24, 2.45) is 0 Å². The van der Waals surface area contributed by atoms with Crippen molar-refractivity contribution < 1.29 is 19.8 Å². The summed E-state index contributed by atoms with van der Waals surface area (Å²) in [6.45, 7) is 0. The molecule has 5 rings (SSSR count). The first kappa shape index (κ1) is 16.5. The number of nitrogens with zero attached hydrogens (tertiary/aromatic N) is 2. The van der Waals surface area contributed by atoms with Crippen LogP contribution in [0, 0.1) is 0 Å². The molecule has 0 bridgehead atoms. The summed E-state index contributed by atoms with van der Waals surface area (Å²) in [5.74, 6) is -3.10. The molecule has 0 fully saturated rings. The number of halogens is 1. The quantitative estimate of drug-likeness (QED) is 0.443. The fraction of sp³-hybridized carbons (Fsp3) is 0. The molecule has 0 N–H and O–H groups in total. The van der Waals surface area contributed by atoms with Crippen molar-refractivity contribution in [3.8, 4) is 0 Å². The van der Waals surface area contributed by atoms with Gasteiger partial charge in [0.25, 0.3) is 5.56 Å². The average molecular weight is 391 g/mol. The molecule has 5 aromatic rings. The summed E-state index contributed by atoms with van der Waals surface area (Å²) in [4.78, 5) is 40.8. The van der Waals surface area contributed by atoms with Gasteiger partial charge in [-0.3, -0.25) is 9.20 Å². The van der Waals surface area contributed by atoms with Gasteiger partial charge in [-0.05, 0) is 30.3 Å². The number of benzene rings is 3. The largest absolute Gasteiger partial charge is 0.545 e. The van der Waals surface area contributed by atoms with Gasteiger partial charge >= 0.3 is 0 Å². The maximum absolute atomic E-state index is 13.2. The van der Waals surface area contributed by atoms with Gasteiger partial charge < -0.3 is 19.8 Å². The van der Waals surface area contributed by atoms with Crippen molar-refractivity contribution in [3.63, 3.8) is 0 Å². The van der Waals surface area contributed by atoms with Gasteiger partial charge in [-0.15, -0.1) is 0 Å². The van der Waals surface area contributed by atoms with Crippen LogP contribution in [-0.4, -0.2) is 21.3 Å². The molecule has 2 heterocycles. The third kappa shape index (κ3) is 1.99. The van der Waals surface area contributed by atoms with Gasteiger partial charge in [-0.2, -0.15) is 0 Å². The third-order valence-electron chi connectivity index (χ3n) is 4.89. The second-order valence-corrected chi connectivity index (χ2v) is 6.79. The number of imidazole rings is 1. The minimum atomic E-state index is -1.55. The van der Waals surface area contributed by atoms with Crippen LogP contribution in [0.5, 0.6) is 0 Å². The summed E-state index contributed by atoms with van der Waals surface area (Å²) >= 11 is 6.02. The van der Waals surface area contributed by atoms with Crippen molar-refractivity contribution in [1.82, 2.24) is 9.38 Å². The zero-order chi connectivity index (χ0) is 19.7. The van der Waals surface area contributed by atoms with Crippen molar-refractivity contribution >= 4 is 61.8 Å². The van der Waals surface area contributed by atoms with E-state index in [2.05, 4.69) is 4.98 Å². The van der Waals surface area contributed by atoms with Gasteiger partial charge in [0.2, 0.25) is 0 Å². The van der Waals surface area contributed by atoms with Crippen LogP contribution in [0.1, 0.15) is 20.7 Å². The van der Waals surface area contributed by atoms with E-state index in [1.54, 1.807) is 18.2 Å². The van der Waals surface area contributed by atoms with Crippen LogP contribution in [0.3, 0.4) is 0 Å². The van der Waals surface area contributed by atoms with Gasteiger partial charge in [0.15, 0.2) is 0 Å². The lowest BCUT2D eigenvalue weighted by molar-refractivity contribution is -0.255. The van der Waals surface area contributed by atoms with Gasteiger partial charge in [-0.25, -0.2) is 4.98 Å². The first-order valence-corrected chi connectivity index (χ1v) is 8.52. The van der Waals surface area contributed by atoms with E-state index in [1.807, 2.05) is 0 Å². The number of hydrogen-bond acceptors (Lipinski definition) is 6. The summed E-state index contributed by atoms with van der Waals surface area (Å²) in [6, 6.07) is 10.2. The zero-order valence-corrected chi connectivity index (χ0v) is 14.6. The number of rotatable bonds is 2. The number of pyridine rings is 1. The molecular weight excluding hydrogens is 384 g/mol. The molecule has 0 amide bonds. The summed E-state index contributed by atoms with van der Waals surface area (Å²) in [5.41, 5.74) is 0.190. The van der Waals surface area contributed by atoms with E-state index < -0.39 is 17.5 Å². The van der Waals surface area contributed by atoms with Crippen LogP contribution in [-0.2, 0) is 0 Å². The number of carboxylic acid groups (broad SMARTS) is 2. The first-order valence-electron chi connectivity index (χ1n) is 8.14. The average Bonchev–Trinajstić information content (AvgIpc) is 3.03. The Labute approximate surface area is 160 Å².